The number of alkyl halides is 3. The molecule has 2 rings (SSSR count). The predicted molar refractivity (Wildman–Crippen MR) is 108 cm³/mol. The number of nitrogens with zero attached hydrogens (tertiary/aromatic N) is 1. The first kappa shape index (κ1) is 22.8. The Morgan fingerprint density at radius 1 is 1.35 bits per heavy atom. The molecule has 26 heavy (non-hydrogen) atoms. The van der Waals surface area contributed by atoms with Gasteiger partial charge in [-0.15, -0.1) is 24.0 Å². The van der Waals surface area contributed by atoms with Gasteiger partial charge in [-0.2, -0.15) is 13.2 Å². The Balaban J connectivity index is 0.00000338. The van der Waals surface area contributed by atoms with Crippen molar-refractivity contribution in [1.29, 1.82) is 0 Å². The molecule has 1 aromatic rings. The number of ether oxygens (including phenoxy) is 1. The second-order valence-electron chi connectivity index (χ2n) is 6.48. The van der Waals surface area contributed by atoms with Crippen molar-refractivity contribution >= 4 is 29.9 Å². The van der Waals surface area contributed by atoms with Gasteiger partial charge in [0.1, 0.15) is 0 Å². The molecule has 1 aromatic carbocycles. The number of halogens is 4. The van der Waals surface area contributed by atoms with Crippen LogP contribution in [0.1, 0.15) is 30.9 Å². The fourth-order valence-electron chi connectivity index (χ4n) is 2.86. The van der Waals surface area contributed by atoms with Crippen molar-refractivity contribution in [2.24, 2.45) is 10.7 Å². The molecule has 0 atom stereocenters. The third-order valence-corrected chi connectivity index (χ3v) is 4.38. The predicted octanol–water partition coefficient (Wildman–Crippen LogP) is 3.85. The molecule has 1 fully saturated rings. The lowest BCUT2D eigenvalue weighted by molar-refractivity contribution is -0.137. The fourth-order valence-corrected chi connectivity index (χ4v) is 2.86. The van der Waals surface area contributed by atoms with E-state index in [1.54, 1.807) is 6.07 Å². The average Bonchev–Trinajstić information content (AvgIpc) is 2.58. The van der Waals surface area contributed by atoms with Crippen LogP contribution >= 0.6 is 24.0 Å². The summed E-state index contributed by atoms with van der Waals surface area (Å²) < 4.78 is 44.6. The van der Waals surface area contributed by atoms with Crippen molar-refractivity contribution in [2.45, 2.75) is 31.4 Å². The molecule has 4 nitrogen and oxygen atoms in total. The summed E-state index contributed by atoms with van der Waals surface area (Å²) >= 11 is 0. The third kappa shape index (κ3) is 6.15. The molecule has 0 spiro atoms. The Bertz CT molecular complexity index is 641. The summed E-state index contributed by atoms with van der Waals surface area (Å²) in [4.78, 5) is 4.37. The van der Waals surface area contributed by atoms with E-state index in [-0.39, 0.29) is 29.9 Å². The lowest BCUT2D eigenvalue weighted by Crippen LogP contribution is -2.39. The molecule has 146 valence electrons. The van der Waals surface area contributed by atoms with Crippen molar-refractivity contribution in [3.8, 4) is 0 Å². The minimum atomic E-state index is -4.37. The number of benzene rings is 1. The summed E-state index contributed by atoms with van der Waals surface area (Å²) in [6.45, 7) is 7.44. The van der Waals surface area contributed by atoms with Crippen molar-refractivity contribution in [3.05, 3.63) is 47.5 Å². The van der Waals surface area contributed by atoms with E-state index < -0.39 is 17.2 Å². The van der Waals surface area contributed by atoms with Gasteiger partial charge in [-0.25, -0.2) is 0 Å². The first-order chi connectivity index (χ1) is 11.7. The van der Waals surface area contributed by atoms with Gasteiger partial charge in [0.15, 0.2) is 5.96 Å². The van der Waals surface area contributed by atoms with Gasteiger partial charge in [0.25, 0.3) is 0 Å². The zero-order valence-corrected chi connectivity index (χ0v) is 17.1. The van der Waals surface area contributed by atoms with Crippen LogP contribution in [-0.4, -0.2) is 32.3 Å². The number of hydrogen-bond donors (Lipinski definition) is 2. The molecule has 0 amide bonds. The molecular weight excluding hydrogens is 458 g/mol. The number of guanidine groups is 1. The summed E-state index contributed by atoms with van der Waals surface area (Å²) in [7, 11) is 0. The standard InChI is InChI=1S/C18H24F3N3O.HI/c1-13(2)11-23-16(22)24-12-17(6-8-25-9-7-17)14-4-3-5-15(10-14)18(19,20)21;/h3-5,10H,1,6-9,11-12H2,2H3,(H3,22,23,24);1H. The number of rotatable bonds is 5. The van der Waals surface area contributed by atoms with Crippen LogP contribution in [0.2, 0.25) is 0 Å². The number of nitrogens with two attached hydrogens (primary N) is 1. The van der Waals surface area contributed by atoms with Crippen molar-refractivity contribution < 1.29 is 17.9 Å². The fraction of sp³-hybridized carbons (Fsp3) is 0.500. The van der Waals surface area contributed by atoms with Gasteiger partial charge in [-0.1, -0.05) is 30.4 Å². The van der Waals surface area contributed by atoms with Crippen LogP contribution in [0.3, 0.4) is 0 Å². The SMILES string of the molecule is C=C(C)CNC(N)=NCC1(c2cccc(C(F)(F)F)c2)CCOCC1.I. The van der Waals surface area contributed by atoms with E-state index in [1.165, 1.54) is 12.1 Å². The molecule has 1 aliphatic heterocycles. The minimum absolute atomic E-state index is 0. The normalized spacial score (nSPS) is 17.3. The largest absolute Gasteiger partial charge is 0.416 e. The minimum Gasteiger partial charge on any atom is -0.381 e. The molecule has 8 heteroatoms. The molecule has 1 saturated heterocycles. The second kappa shape index (κ2) is 9.59. The molecule has 0 unspecified atom stereocenters. The van der Waals surface area contributed by atoms with Crippen molar-refractivity contribution in [1.82, 2.24) is 5.32 Å². The molecule has 3 N–H and O–H groups in total. The van der Waals surface area contributed by atoms with Gasteiger partial charge in [-0.05, 0) is 31.4 Å². The van der Waals surface area contributed by atoms with Crippen molar-refractivity contribution in [3.63, 3.8) is 0 Å². The Kier molecular flexibility index (Phi) is 8.39. The van der Waals surface area contributed by atoms with Crippen LogP contribution in [-0.2, 0) is 16.3 Å². The highest BCUT2D eigenvalue weighted by Crippen LogP contribution is 2.38. The zero-order valence-electron chi connectivity index (χ0n) is 14.7. The Labute approximate surface area is 169 Å². The first-order valence-electron chi connectivity index (χ1n) is 8.17. The zero-order chi connectivity index (χ0) is 18.5. The van der Waals surface area contributed by atoms with Crippen LogP contribution in [0, 0.1) is 0 Å². The average molecular weight is 483 g/mol. The number of nitrogens with one attached hydrogen (secondary N) is 1. The van der Waals surface area contributed by atoms with E-state index >= 15 is 0 Å². The maximum absolute atomic E-state index is 13.1. The van der Waals surface area contributed by atoms with E-state index in [0.717, 1.165) is 11.6 Å². The van der Waals surface area contributed by atoms with E-state index in [4.69, 9.17) is 10.5 Å². The summed E-state index contributed by atoms with van der Waals surface area (Å²) in [6.07, 6.45) is -3.16. The Morgan fingerprint density at radius 3 is 2.58 bits per heavy atom. The first-order valence-corrected chi connectivity index (χ1v) is 8.17. The summed E-state index contributed by atoms with van der Waals surface area (Å²) in [5.74, 6) is 0.265. The molecular formula is C18H25F3IN3O. The molecule has 0 bridgehead atoms. The Hall–Kier alpha value is -1.29. The van der Waals surface area contributed by atoms with Gasteiger partial charge in [0.05, 0.1) is 12.1 Å². The van der Waals surface area contributed by atoms with Crippen LogP contribution in [0.4, 0.5) is 13.2 Å². The molecule has 0 saturated carbocycles. The molecule has 0 aliphatic carbocycles. The summed E-state index contributed by atoms with van der Waals surface area (Å²) in [5, 5.41) is 2.94. The molecule has 1 heterocycles. The van der Waals surface area contributed by atoms with E-state index in [1.807, 2.05) is 6.92 Å². The van der Waals surface area contributed by atoms with Crippen LogP contribution in [0.15, 0.2) is 41.4 Å². The quantitative estimate of drug-likeness (QED) is 0.290. The highest BCUT2D eigenvalue weighted by atomic mass is 127. The van der Waals surface area contributed by atoms with Crippen LogP contribution < -0.4 is 11.1 Å². The van der Waals surface area contributed by atoms with Gasteiger partial charge in [0, 0.05) is 25.2 Å². The topological polar surface area (TPSA) is 59.6 Å². The monoisotopic (exact) mass is 483 g/mol. The van der Waals surface area contributed by atoms with Gasteiger partial charge in [-0.3, -0.25) is 4.99 Å². The van der Waals surface area contributed by atoms with E-state index in [2.05, 4.69) is 16.9 Å². The Morgan fingerprint density at radius 2 is 2.00 bits per heavy atom. The number of hydrogen-bond acceptors (Lipinski definition) is 2. The maximum Gasteiger partial charge on any atom is 0.416 e. The van der Waals surface area contributed by atoms with Crippen LogP contribution in [0.5, 0.6) is 0 Å². The van der Waals surface area contributed by atoms with E-state index in [0.29, 0.717) is 44.7 Å². The molecule has 0 aromatic heterocycles. The smallest absolute Gasteiger partial charge is 0.381 e. The lowest BCUT2D eigenvalue weighted by atomic mass is 9.74. The third-order valence-electron chi connectivity index (χ3n) is 4.38. The van der Waals surface area contributed by atoms with Crippen molar-refractivity contribution in [2.75, 3.05) is 26.3 Å². The van der Waals surface area contributed by atoms with Gasteiger partial charge in [0.2, 0.25) is 0 Å². The summed E-state index contributed by atoms with van der Waals surface area (Å²) in [6, 6.07) is 5.48. The lowest BCUT2D eigenvalue weighted by Gasteiger charge is -2.37. The second-order valence-corrected chi connectivity index (χ2v) is 6.48. The maximum atomic E-state index is 13.1. The number of aliphatic imine (C=N–C) groups is 1. The van der Waals surface area contributed by atoms with Crippen LogP contribution in [0.25, 0.3) is 0 Å². The summed E-state index contributed by atoms with van der Waals surface area (Å²) in [5.41, 5.74) is 6.25. The van der Waals surface area contributed by atoms with Gasteiger partial charge >= 0.3 is 6.18 Å². The molecule has 0 radical (unpaired) electrons. The van der Waals surface area contributed by atoms with Gasteiger partial charge < -0.3 is 15.8 Å². The molecule has 1 aliphatic rings. The highest BCUT2D eigenvalue weighted by molar-refractivity contribution is 14.0. The highest BCUT2D eigenvalue weighted by Gasteiger charge is 2.37. The van der Waals surface area contributed by atoms with E-state index in [9.17, 15) is 13.2 Å².